The summed E-state index contributed by atoms with van der Waals surface area (Å²) in [6.45, 7) is 0.512. The Morgan fingerprint density at radius 2 is 1.76 bits per heavy atom. The number of fused-ring (bicyclic) bond motifs is 2. The Morgan fingerprint density at radius 1 is 1.00 bits per heavy atom. The summed E-state index contributed by atoms with van der Waals surface area (Å²) < 4.78 is 28.1. The molecule has 2 aliphatic rings. The first-order valence-electron chi connectivity index (χ1n) is 13.1. The molecule has 0 unspecified atom stereocenters. The van der Waals surface area contributed by atoms with Gasteiger partial charge in [0.25, 0.3) is 11.8 Å². The standard InChI is InChI=1S/C30H31FN2O3S2/c31-25-13-6-4-9-22(25)20-33-26-19-21(29(34)32-17-8-18-37-23-10-2-1-3-11-23)15-16-28(26)38(36)27-14-7-5-12-24(27)30(33)35/h4-7,9,12-16,19,23H,1-3,8,10-11,17-18,20H2,(H,32,34)/t38-/m0/s1. The van der Waals surface area contributed by atoms with Crippen LogP contribution in [0.15, 0.2) is 76.5 Å². The van der Waals surface area contributed by atoms with Crippen molar-refractivity contribution in [3.8, 4) is 0 Å². The van der Waals surface area contributed by atoms with Gasteiger partial charge in [-0.1, -0.05) is 49.6 Å². The fourth-order valence-corrected chi connectivity index (χ4v) is 7.67. The summed E-state index contributed by atoms with van der Waals surface area (Å²) in [6, 6.07) is 17.9. The van der Waals surface area contributed by atoms with Crippen LogP contribution in [0, 0.1) is 5.82 Å². The number of nitrogens with one attached hydrogen (secondary N) is 1. The molecule has 0 spiro atoms. The zero-order valence-electron chi connectivity index (χ0n) is 21.2. The summed E-state index contributed by atoms with van der Waals surface area (Å²) >= 11 is 2.00. The van der Waals surface area contributed by atoms with Crippen molar-refractivity contribution in [3.05, 3.63) is 89.2 Å². The molecular weight excluding hydrogens is 519 g/mol. The normalized spacial score (nSPS) is 17.4. The predicted molar refractivity (Wildman–Crippen MR) is 151 cm³/mol. The highest BCUT2D eigenvalue weighted by molar-refractivity contribution is 7.99. The fourth-order valence-electron chi connectivity index (χ4n) is 5.02. The summed E-state index contributed by atoms with van der Waals surface area (Å²) in [6.07, 6.45) is 7.45. The minimum atomic E-state index is -1.64. The molecule has 8 heteroatoms. The number of hydrogen-bond donors (Lipinski definition) is 1. The van der Waals surface area contributed by atoms with Gasteiger partial charge >= 0.3 is 0 Å². The van der Waals surface area contributed by atoms with Crippen LogP contribution in [0.4, 0.5) is 10.1 Å². The quantitative estimate of drug-likeness (QED) is 0.333. The third-order valence-corrected chi connectivity index (χ3v) is 10.0. The van der Waals surface area contributed by atoms with Gasteiger partial charge in [0.05, 0.1) is 38.4 Å². The molecule has 0 aromatic heterocycles. The van der Waals surface area contributed by atoms with Crippen LogP contribution in [0.1, 0.15) is 64.8 Å². The van der Waals surface area contributed by atoms with Crippen molar-refractivity contribution in [1.82, 2.24) is 5.32 Å². The van der Waals surface area contributed by atoms with Crippen LogP contribution >= 0.6 is 11.8 Å². The van der Waals surface area contributed by atoms with Gasteiger partial charge in [0, 0.05) is 22.9 Å². The molecule has 38 heavy (non-hydrogen) atoms. The predicted octanol–water partition coefficient (Wildman–Crippen LogP) is 6.34. The van der Waals surface area contributed by atoms with E-state index in [0.717, 1.165) is 17.4 Å². The Kier molecular flexibility index (Phi) is 8.59. The number of nitrogens with zero attached hydrogens (tertiary/aromatic N) is 1. The van der Waals surface area contributed by atoms with Crippen molar-refractivity contribution < 1.29 is 18.2 Å². The van der Waals surface area contributed by atoms with Gasteiger partial charge in [0.1, 0.15) is 5.82 Å². The number of carbonyl (C=O) groups excluding carboxylic acids is 2. The van der Waals surface area contributed by atoms with Gasteiger partial charge in [0.2, 0.25) is 0 Å². The van der Waals surface area contributed by atoms with Gasteiger partial charge in [-0.05, 0) is 61.4 Å². The lowest BCUT2D eigenvalue weighted by atomic mass is 10.0. The number of benzene rings is 3. The highest BCUT2D eigenvalue weighted by atomic mass is 32.2. The van der Waals surface area contributed by atoms with Crippen molar-refractivity contribution in [2.75, 3.05) is 17.2 Å². The molecule has 1 heterocycles. The first kappa shape index (κ1) is 26.6. The summed E-state index contributed by atoms with van der Waals surface area (Å²) in [5.74, 6) is -0.0489. The van der Waals surface area contributed by atoms with Crippen molar-refractivity contribution in [2.45, 2.75) is 60.1 Å². The summed E-state index contributed by atoms with van der Waals surface area (Å²) in [4.78, 5) is 29.0. The van der Waals surface area contributed by atoms with Crippen molar-refractivity contribution in [2.24, 2.45) is 0 Å². The highest BCUT2D eigenvalue weighted by Gasteiger charge is 2.32. The van der Waals surface area contributed by atoms with Crippen molar-refractivity contribution >= 4 is 40.1 Å². The van der Waals surface area contributed by atoms with Crippen LogP contribution in [0.2, 0.25) is 0 Å². The smallest absolute Gasteiger partial charge is 0.259 e. The fraction of sp³-hybridized carbons (Fsp3) is 0.333. The molecular formula is C30H31FN2O3S2. The lowest BCUT2D eigenvalue weighted by molar-refractivity contribution is 0.0950. The Labute approximate surface area is 229 Å². The van der Waals surface area contributed by atoms with Crippen LogP contribution in [-0.4, -0.2) is 33.6 Å². The van der Waals surface area contributed by atoms with E-state index in [0.29, 0.717) is 38.7 Å². The molecule has 198 valence electrons. The number of carbonyl (C=O) groups is 2. The van der Waals surface area contributed by atoms with Crippen LogP contribution in [0.25, 0.3) is 0 Å². The molecule has 0 saturated heterocycles. The lowest BCUT2D eigenvalue weighted by Gasteiger charge is -2.24. The minimum Gasteiger partial charge on any atom is -0.352 e. The molecule has 1 atom stereocenters. The molecule has 1 aliphatic heterocycles. The zero-order chi connectivity index (χ0) is 26.5. The number of hydrogen-bond acceptors (Lipinski definition) is 4. The first-order chi connectivity index (χ1) is 18.5. The summed E-state index contributed by atoms with van der Waals surface area (Å²) in [5, 5.41) is 3.72. The van der Waals surface area contributed by atoms with E-state index < -0.39 is 16.6 Å². The molecule has 5 nitrogen and oxygen atoms in total. The average Bonchev–Trinajstić information content (AvgIpc) is 3.03. The molecule has 0 bridgehead atoms. The summed E-state index contributed by atoms with van der Waals surface area (Å²) in [5.41, 5.74) is 1.37. The van der Waals surface area contributed by atoms with Crippen LogP contribution in [0.3, 0.4) is 0 Å². The molecule has 1 fully saturated rings. The Morgan fingerprint density at radius 3 is 2.58 bits per heavy atom. The number of anilines is 1. The Balaban J connectivity index is 1.36. The van der Waals surface area contributed by atoms with E-state index in [9.17, 15) is 18.2 Å². The number of halogens is 1. The Hall–Kier alpha value is -2.97. The monoisotopic (exact) mass is 550 g/mol. The molecule has 3 aromatic carbocycles. The van der Waals surface area contributed by atoms with Gasteiger partial charge in [-0.25, -0.2) is 8.60 Å². The topological polar surface area (TPSA) is 66.5 Å². The molecule has 3 aromatic rings. The van der Waals surface area contributed by atoms with E-state index >= 15 is 0 Å². The van der Waals surface area contributed by atoms with Crippen LogP contribution in [0.5, 0.6) is 0 Å². The molecule has 0 radical (unpaired) electrons. The van der Waals surface area contributed by atoms with E-state index in [-0.39, 0.29) is 18.4 Å². The van der Waals surface area contributed by atoms with E-state index in [2.05, 4.69) is 5.32 Å². The van der Waals surface area contributed by atoms with Crippen molar-refractivity contribution in [1.29, 1.82) is 0 Å². The van der Waals surface area contributed by atoms with Gasteiger partial charge in [-0.2, -0.15) is 11.8 Å². The second-order valence-corrected chi connectivity index (χ2v) is 12.5. The Bertz CT molecular complexity index is 1360. The van der Waals surface area contributed by atoms with Crippen molar-refractivity contribution in [3.63, 3.8) is 0 Å². The third kappa shape index (κ3) is 5.86. The lowest BCUT2D eigenvalue weighted by Crippen LogP contribution is -2.31. The largest absolute Gasteiger partial charge is 0.352 e. The number of rotatable bonds is 8. The molecule has 5 rings (SSSR count). The second kappa shape index (κ2) is 12.3. The molecule has 1 saturated carbocycles. The zero-order valence-corrected chi connectivity index (χ0v) is 22.8. The van der Waals surface area contributed by atoms with Gasteiger partial charge in [0.15, 0.2) is 0 Å². The second-order valence-electron chi connectivity index (χ2n) is 9.67. The molecule has 2 amide bonds. The van der Waals surface area contributed by atoms with Gasteiger partial charge < -0.3 is 10.2 Å². The molecule has 1 N–H and O–H groups in total. The van der Waals surface area contributed by atoms with E-state index in [1.165, 1.54) is 43.1 Å². The number of amides is 2. The maximum atomic E-state index is 14.6. The maximum absolute atomic E-state index is 14.6. The molecule has 1 aliphatic carbocycles. The van der Waals surface area contributed by atoms with Gasteiger partial charge in [-0.15, -0.1) is 0 Å². The van der Waals surface area contributed by atoms with E-state index in [1.54, 1.807) is 60.7 Å². The minimum absolute atomic E-state index is 0.0481. The third-order valence-electron chi connectivity index (χ3n) is 7.07. The maximum Gasteiger partial charge on any atom is 0.259 e. The van der Waals surface area contributed by atoms with E-state index in [1.807, 2.05) is 11.8 Å². The first-order valence-corrected chi connectivity index (χ1v) is 15.3. The highest BCUT2D eigenvalue weighted by Crippen LogP contribution is 2.36. The van der Waals surface area contributed by atoms with Crippen LogP contribution in [-0.2, 0) is 17.3 Å². The van der Waals surface area contributed by atoms with Crippen LogP contribution < -0.4 is 10.2 Å². The van der Waals surface area contributed by atoms with Gasteiger partial charge in [-0.3, -0.25) is 9.59 Å². The summed E-state index contributed by atoms with van der Waals surface area (Å²) in [7, 11) is -1.64. The SMILES string of the molecule is O=C(NCCCSC1CCCCC1)c1ccc2c(c1)N(Cc1ccccc1F)C(=O)c1ccccc1[S@@]2=O. The average molecular weight is 551 g/mol. The number of thioether (sulfide) groups is 1. The van der Waals surface area contributed by atoms with E-state index in [4.69, 9.17) is 0 Å².